The molecule has 0 aliphatic heterocycles. The molecular formula is C10H14ClN5OS. The van der Waals surface area contributed by atoms with Crippen molar-refractivity contribution in [2.45, 2.75) is 12.6 Å². The Kier molecular flexibility index (Phi) is 4.65. The zero-order chi connectivity index (χ0) is 13.0. The smallest absolute Gasteiger partial charge is 0.0986 e. The molecule has 18 heavy (non-hydrogen) atoms. The fourth-order valence-electron chi connectivity index (χ4n) is 1.74. The van der Waals surface area contributed by atoms with Crippen molar-refractivity contribution in [2.24, 2.45) is 0 Å². The third-order valence-corrected chi connectivity index (χ3v) is 3.39. The highest BCUT2D eigenvalue weighted by Gasteiger charge is 2.22. The molecule has 0 amide bonds. The predicted molar refractivity (Wildman–Crippen MR) is 69.9 cm³/mol. The molecule has 0 saturated heterocycles. The van der Waals surface area contributed by atoms with Crippen LogP contribution in [0.15, 0.2) is 11.6 Å². The third kappa shape index (κ3) is 2.69. The minimum Gasteiger partial charge on any atom is -0.383 e. The second kappa shape index (κ2) is 6.24. The van der Waals surface area contributed by atoms with Crippen LogP contribution in [0.4, 0.5) is 0 Å². The van der Waals surface area contributed by atoms with Gasteiger partial charge in [0.2, 0.25) is 0 Å². The molecule has 0 aliphatic carbocycles. The molecule has 0 saturated carbocycles. The summed E-state index contributed by atoms with van der Waals surface area (Å²) in [5, 5.41) is 14.0. The highest BCUT2D eigenvalue weighted by molar-refractivity contribution is 7.03. The van der Waals surface area contributed by atoms with Crippen molar-refractivity contribution in [3.8, 4) is 0 Å². The largest absolute Gasteiger partial charge is 0.383 e. The van der Waals surface area contributed by atoms with Gasteiger partial charge in [0.1, 0.15) is 0 Å². The average molecular weight is 288 g/mol. The number of methoxy groups -OCH3 is 1. The maximum Gasteiger partial charge on any atom is 0.0986 e. The SMILES string of the molecule is CNC(c1csnn1)c1c(Cl)cnn1CCOC. The summed E-state index contributed by atoms with van der Waals surface area (Å²) in [5.41, 5.74) is 1.72. The normalized spacial score (nSPS) is 12.8. The Morgan fingerprint density at radius 2 is 2.44 bits per heavy atom. The first-order chi connectivity index (χ1) is 8.77. The van der Waals surface area contributed by atoms with Crippen LogP contribution in [0.2, 0.25) is 5.02 Å². The van der Waals surface area contributed by atoms with Crippen molar-refractivity contribution in [3.63, 3.8) is 0 Å². The van der Waals surface area contributed by atoms with Gasteiger partial charge in [-0.1, -0.05) is 16.1 Å². The van der Waals surface area contributed by atoms with E-state index in [0.717, 1.165) is 11.4 Å². The fraction of sp³-hybridized carbons (Fsp3) is 0.500. The van der Waals surface area contributed by atoms with Gasteiger partial charge in [0.25, 0.3) is 0 Å². The van der Waals surface area contributed by atoms with E-state index >= 15 is 0 Å². The van der Waals surface area contributed by atoms with E-state index in [4.69, 9.17) is 16.3 Å². The third-order valence-electron chi connectivity index (χ3n) is 2.58. The molecule has 1 N–H and O–H groups in total. The summed E-state index contributed by atoms with van der Waals surface area (Å²) in [6.07, 6.45) is 1.64. The number of aromatic nitrogens is 4. The number of hydrogen-bond donors (Lipinski definition) is 1. The lowest BCUT2D eigenvalue weighted by Gasteiger charge is -2.16. The summed E-state index contributed by atoms with van der Waals surface area (Å²) in [6, 6.07) is -0.115. The van der Waals surface area contributed by atoms with Gasteiger partial charge in [-0.05, 0) is 18.6 Å². The number of halogens is 1. The van der Waals surface area contributed by atoms with Gasteiger partial charge in [-0.15, -0.1) is 5.10 Å². The Labute approximate surface area is 114 Å². The fourth-order valence-corrected chi connectivity index (χ4v) is 2.47. The molecule has 6 nitrogen and oxygen atoms in total. The summed E-state index contributed by atoms with van der Waals surface area (Å²) in [6.45, 7) is 1.23. The Morgan fingerprint density at radius 1 is 1.61 bits per heavy atom. The molecule has 2 aromatic heterocycles. The lowest BCUT2D eigenvalue weighted by atomic mass is 10.1. The maximum atomic E-state index is 6.21. The molecule has 0 aliphatic rings. The van der Waals surface area contributed by atoms with E-state index in [1.807, 2.05) is 17.1 Å². The average Bonchev–Trinajstić information content (AvgIpc) is 3.00. The van der Waals surface area contributed by atoms with Gasteiger partial charge in [0.15, 0.2) is 0 Å². The predicted octanol–water partition coefficient (Wildman–Crippen LogP) is 1.34. The first kappa shape index (κ1) is 13.4. The Bertz CT molecular complexity index is 486. The van der Waals surface area contributed by atoms with Crippen molar-refractivity contribution >= 4 is 23.1 Å². The van der Waals surface area contributed by atoms with Crippen molar-refractivity contribution in [1.82, 2.24) is 24.7 Å². The summed E-state index contributed by atoms with van der Waals surface area (Å²) < 4.78 is 10.8. The number of rotatable bonds is 6. The van der Waals surface area contributed by atoms with E-state index in [0.29, 0.717) is 18.2 Å². The second-order valence-electron chi connectivity index (χ2n) is 3.65. The first-order valence-corrected chi connectivity index (χ1v) is 6.63. The van der Waals surface area contributed by atoms with Gasteiger partial charge in [0, 0.05) is 12.5 Å². The topological polar surface area (TPSA) is 64.9 Å². The van der Waals surface area contributed by atoms with E-state index in [1.54, 1.807) is 13.3 Å². The Morgan fingerprint density at radius 3 is 3.06 bits per heavy atom. The molecule has 2 aromatic rings. The number of nitrogens with one attached hydrogen (secondary N) is 1. The second-order valence-corrected chi connectivity index (χ2v) is 4.66. The monoisotopic (exact) mass is 287 g/mol. The molecule has 0 bridgehead atoms. The van der Waals surface area contributed by atoms with Gasteiger partial charge in [-0.2, -0.15) is 5.10 Å². The van der Waals surface area contributed by atoms with Crippen molar-refractivity contribution in [3.05, 3.63) is 28.0 Å². The van der Waals surface area contributed by atoms with Gasteiger partial charge in [-0.25, -0.2) is 0 Å². The molecule has 98 valence electrons. The van der Waals surface area contributed by atoms with Crippen LogP contribution >= 0.6 is 23.1 Å². The zero-order valence-electron chi connectivity index (χ0n) is 10.1. The molecular weight excluding hydrogens is 274 g/mol. The molecule has 1 unspecified atom stereocenters. The van der Waals surface area contributed by atoms with Crippen LogP contribution in [0.25, 0.3) is 0 Å². The lowest BCUT2D eigenvalue weighted by molar-refractivity contribution is 0.182. The van der Waals surface area contributed by atoms with Crippen LogP contribution in [-0.4, -0.2) is 40.1 Å². The van der Waals surface area contributed by atoms with E-state index in [2.05, 4.69) is 20.0 Å². The summed E-state index contributed by atoms with van der Waals surface area (Å²) in [5.74, 6) is 0. The molecule has 0 spiro atoms. The van der Waals surface area contributed by atoms with Gasteiger partial charge in [0.05, 0.1) is 41.8 Å². The molecule has 2 heterocycles. The standard InChI is InChI=1S/C10H14ClN5OS/c1-12-9(8-6-18-15-14-8)10-7(11)5-13-16(10)3-4-17-2/h5-6,9,12H,3-4H2,1-2H3. The minimum absolute atomic E-state index is 0.115. The van der Waals surface area contributed by atoms with Crippen molar-refractivity contribution in [1.29, 1.82) is 0 Å². The van der Waals surface area contributed by atoms with Gasteiger partial charge in [-0.3, -0.25) is 4.68 Å². The highest BCUT2D eigenvalue weighted by atomic mass is 35.5. The number of ether oxygens (including phenoxy) is 1. The van der Waals surface area contributed by atoms with Crippen LogP contribution in [0.1, 0.15) is 17.4 Å². The Hall–Kier alpha value is -1.02. The minimum atomic E-state index is -0.115. The molecule has 0 radical (unpaired) electrons. The molecule has 0 fully saturated rings. The molecule has 2 rings (SSSR count). The summed E-state index contributed by atoms with van der Waals surface area (Å²) in [4.78, 5) is 0. The molecule has 1 atom stereocenters. The number of hydrogen-bond acceptors (Lipinski definition) is 6. The van der Waals surface area contributed by atoms with Crippen LogP contribution < -0.4 is 5.32 Å². The highest BCUT2D eigenvalue weighted by Crippen LogP contribution is 2.27. The van der Waals surface area contributed by atoms with Crippen molar-refractivity contribution < 1.29 is 4.74 Å². The first-order valence-electron chi connectivity index (χ1n) is 5.42. The molecule has 0 aromatic carbocycles. The van der Waals surface area contributed by atoms with Crippen molar-refractivity contribution in [2.75, 3.05) is 20.8 Å². The van der Waals surface area contributed by atoms with Crippen LogP contribution in [-0.2, 0) is 11.3 Å². The van der Waals surface area contributed by atoms with E-state index in [1.165, 1.54) is 11.5 Å². The Balaban J connectivity index is 2.32. The summed E-state index contributed by atoms with van der Waals surface area (Å²) >= 11 is 7.52. The van der Waals surface area contributed by atoms with Gasteiger partial charge < -0.3 is 10.1 Å². The van der Waals surface area contributed by atoms with E-state index < -0.39 is 0 Å². The quantitative estimate of drug-likeness (QED) is 0.869. The van der Waals surface area contributed by atoms with E-state index in [-0.39, 0.29) is 6.04 Å². The van der Waals surface area contributed by atoms with Crippen LogP contribution in [0.3, 0.4) is 0 Å². The van der Waals surface area contributed by atoms with Gasteiger partial charge >= 0.3 is 0 Å². The number of nitrogens with zero attached hydrogens (tertiary/aromatic N) is 4. The molecule has 8 heteroatoms. The van der Waals surface area contributed by atoms with Crippen LogP contribution in [0, 0.1) is 0 Å². The zero-order valence-corrected chi connectivity index (χ0v) is 11.7. The lowest BCUT2D eigenvalue weighted by Crippen LogP contribution is -2.23. The van der Waals surface area contributed by atoms with E-state index in [9.17, 15) is 0 Å². The summed E-state index contributed by atoms with van der Waals surface area (Å²) in [7, 11) is 3.51. The van der Waals surface area contributed by atoms with Crippen LogP contribution in [0.5, 0.6) is 0 Å². The maximum absolute atomic E-state index is 6.21.